The summed E-state index contributed by atoms with van der Waals surface area (Å²) in [5.74, 6) is 0. The summed E-state index contributed by atoms with van der Waals surface area (Å²) in [5, 5.41) is 0. The molecule has 0 spiro atoms. The van der Waals surface area contributed by atoms with Crippen LogP contribution in [0, 0.1) is 6.92 Å². The summed E-state index contributed by atoms with van der Waals surface area (Å²) in [7, 11) is 0. The molecule has 16 heavy (non-hydrogen) atoms. The number of unbranched alkanes of at least 4 members (excludes halogenated alkanes) is 2. The predicted octanol–water partition coefficient (Wildman–Crippen LogP) is 0.312. The molecule has 0 unspecified atom stereocenters. The topological polar surface area (TPSA) is 18.5 Å². The van der Waals surface area contributed by atoms with Crippen molar-refractivity contribution >= 4 is 0 Å². The van der Waals surface area contributed by atoms with Crippen LogP contribution in [0.15, 0.2) is 0 Å². The van der Waals surface area contributed by atoms with Crippen LogP contribution in [-0.4, -0.2) is 18.5 Å². The van der Waals surface area contributed by atoms with Crippen LogP contribution in [0.5, 0.6) is 0 Å². The van der Waals surface area contributed by atoms with Crippen molar-refractivity contribution in [3.63, 3.8) is 0 Å². The summed E-state index contributed by atoms with van der Waals surface area (Å²) in [4.78, 5) is 0. The van der Waals surface area contributed by atoms with E-state index in [2.05, 4.69) is 20.8 Å². The third-order valence-electron chi connectivity index (χ3n) is 2.68. The number of ether oxygens (including phenoxy) is 2. The van der Waals surface area contributed by atoms with E-state index in [-0.39, 0.29) is 52.5 Å². The van der Waals surface area contributed by atoms with E-state index in [1.165, 1.54) is 25.7 Å². The first-order valence-electron chi connectivity index (χ1n) is 5.90. The number of rotatable bonds is 5. The first kappa shape index (κ1) is 19.5. The summed E-state index contributed by atoms with van der Waals surface area (Å²) in [6.07, 6.45) is 7.38. The van der Waals surface area contributed by atoms with E-state index in [0.29, 0.717) is 6.10 Å². The number of halogens is 1. The van der Waals surface area contributed by atoms with Crippen LogP contribution in [0.2, 0.25) is 0 Å². The maximum Gasteiger partial charge on any atom is 1.00 e. The second-order valence-corrected chi connectivity index (χ2v) is 4.09. The van der Waals surface area contributed by atoms with Gasteiger partial charge in [-0.3, -0.25) is 0 Å². The van der Waals surface area contributed by atoms with E-state index in [9.17, 15) is 0 Å². The van der Waals surface area contributed by atoms with Crippen molar-refractivity contribution in [2.45, 2.75) is 70.9 Å². The fourth-order valence-corrected chi connectivity index (χ4v) is 1.87. The minimum absolute atomic E-state index is 0. The van der Waals surface area contributed by atoms with Crippen molar-refractivity contribution < 1.29 is 49.5 Å². The maximum atomic E-state index is 5.79. The molecule has 0 aliphatic carbocycles. The second-order valence-electron chi connectivity index (χ2n) is 4.09. The quantitative estimate of drug-likeness (QED) is 0.458. The van der Waals surface area contributed by atoms with E-state index in [1.54, 1.807) is 0 Å². The number of hydrogen-bond donors (Lipinski definition) is 0. The van der Waals surface area contributed by atoms with E-state index in [1.807, 2.05) is 0 Å². The Kier molecular flexibility index (Phi) is 13.7. The first-order valence-corrected chi connectivity index (χ1v) is 5.90. The smallest absolute Gasteiger partial charge is 1.00 e. The molecular formula is C12H23ClHgO2. The van der Waals surface area contributed by atoms with Crippen molar-refractivity contribution in [3.8, 4) is 0 Å². The Morgan fingerprint density at radius 1 is 1.19 bits per heavy atom. The van der Waals surface area contributed by atoms with Gasteiger partial charge in [0.1, 0.15) is 0 Å². The molecule has 92 valence electrons. The molecular weight excluding hydrogens is 412 g/mol. The summed E-state index contributed by atoms with van der Waals surface area (Å²) < 4.78 is 11.3. The molecule has 1 saturated heterocycles. The van der Waals surface area contributed by atoms with Gasteiger partial charge in [-0.25, -0.2) is 0 Å². The van der Waals surface area contributed by atoms with Gasteiger partial charge in [-0.15, -0.1) is 0 Å². The molecule has 1 aliphatic rings. The second kappa shape index (κ2) is 11.2. The standard InChI is InChI=1S/C12H23O2.ClH.Hg/c1-4-6-7-8-11-9-10(3)13-12(5-2)14-11;;/h10-12H,3-9H2,1-2H3;1H;/q;;+1/p-1/t10-,11+,12-;;/m1../s1. The molecule has 1 aliphatic heterocycles. The largest absolute Gasteiger partial charge is 1.00 e. The SMILES string of the molecule is [CH2][C@@H]1C[C@H](CCCCC)O[C@H](CC)O1.[Cl-].[Hg+]. The van der Waals surface area contributed by atoms with Gasteiger partial charge >= 0.3 is 27.7 Å². The van der Waals surface area contributed by atoms with Crippen LogP contribution in [-0.2, 0) is 37.1 Å². The van der Waals surface area contributed by atoms with Gasteiger partial charge in [-0.2, -0.15) is 0 Å². The Bertz CT molecular complexity index is 158. The van der Waals surface area contributed by atoms with Gasteiger partial charge in [0.25, 0.3) is 0 Å². The monoisotopic (exact) mass is 436 g/mol. The minimum atomic E-state index is -0.0159. The molecule has 1 heterocycles. The van der Waals surface area contributed by atoms with Crippen LogP contribution in [0.25, 0.3) is 0 Å². The van der Waals surface area contributed by atoms with Crippen molar-refractivity contribution in [2.24, 2.45) is 0 Å². The molecule has 0 amide bonds. The fourth-order valence-electron chi connectivity index (χ4n) is 1.87. The molecule has 3 atom stereocenters. The average molecular weight is 435 g/mol. The van der Waals surface area contributed by atoms with E-state index in [4.69, 9.17) is 9.47 Å². The predicted molar refractivity (Wildman–Crippen MR) is 57.9 cm³/mol. The molecule has 0 aromatic heterocycles. The van der Waals surface area contributed by atoms with Crippen molar-refractivity contribution in [1.29, 1.82) is 0 Å². The Balaban J connectivity index is 0. The average Bonchev–Trinajstić information content (AvgIpc) is 2.17. The van der Waals surface area contributed by atoms with Crippen LogP contribution >= 0.6 is 0 Å². The van der Waals surface area contributed by atoms with Gasteiger partial charge in [0.05, 0.1) is 12.2 Å². The van der Waals surface area contributed by atoms with E-state index >= 15 is 0 Å². The Morgan fingerprint density at radius 3 is 2.44 bits per heavy atom. The Labute approximate surface area is 127 Å². The van der Waals surface area contributed by atoms with Crippen LogP contribution < -0.4 is 12.4 Å². The zero-order chi connectivity index (χ0) is 10.4. The zero-order valence-electron chi connectivity index (χ0n) is 10.6. The third-order valence-corrected chi connectivity index (χ3v) is 2.68. The summed E-state index contributed by atoms with van der Waals surface area (Å²) >= 11 is 0. The molecule has 2 nitrogen and oxygen atoms in total. The molecule has 1 rings (SSSR count). The van der Waals surface area contributed by atoms with Crippen LogP contribution in [0.1, 0.15) is 52.4 Å². The Morgan fingerprint density at radius 2 is 1.88 bits per heavy atom. The molecule has 0 aromatic carbocycles. The third kappa shape index (κ3) is 7.47. The first-order chi connectivity index (χ1) is 6.76. The number of hydrogen-bond acceptors (Lipinski definition) is 2. The normalized spacial score (nSPS) is 29.1. The van der Waals surface area contributed by atoms with Crippen LogP contribution in [0.3, 0.4) is 0 Å². The zero-order valence-corrected chi connectivity index (χ0v) is 16.8. The maximum absolute atomic E-state index is 5.79. The summed E-state index contributed by atoms with van der Waals surface area (Å²) in [5.41, 5.74) is 0. The molecule has 0 bridgehead atoms. The molecule has 0 N–H and O–H groups in total. The van der Waals surface area contributed by atoms with Gasteiger partial charge in [0.2, 0.25) is 0 Å². The van der Waals surface area contributed by atoms with Gasteiger partial charge in [-0.1, -0.05) is 33.1 Å². The summed E-state index contributed by atoms with van der Waals surface area (Å²) in [6, 6.07) is 0. The molecule has 1 fully saturated rings. The van der Waals surface area contributed by atoms with Gasteiger partial charge in [-0.05, 0) is 26.2 Å². The Hall–Kier alpha value is 1.15. The fraction of sp³-hybridized carbons (Fsp3) is 0.917. The van der Waals surface area contributed by atoms with E-state index < -0.39 is 0 Å². The van der Waals surface area contributed by atoms with Crippen molar-refractivity contribution in [1.82, 2.24) is 0 Å². The summed E-state index contributed by atoms with van der Waals surface area (Å²) in [6.45, 7) is 8.29. The van der Waals surface area contributed by atoms with Crippen molar-refractivity contribution in [3.05, 3.63) is 6.92 Å². The van der Waals surface area contributed by atoms with E-state index in [0.717, 1.165) is 12.8 Å². The van der Waals surface area contributed by atoms with Gasteiger partial charge < -0.3 is 21.9 Å². The van der Waals surface area contributed by atoms with Gasteiger partial charge in [0, 0.05) is 0 Å². The molecule has 0 aromatic rings. The molecule has 2 radical (unpaired) electrons. The minimum Gasteiger partial charge on any atom is -1.00 e. The van der Waals surface area contributed by atoms with Crippen molar-refractivity contribution in [2.75, 3.05) is 0 Å². The van der Waals surface area contributed by atoms with Gasteiger partial charge in [0.15, 0.2) is 6.29 Å². The molecule has 4 heteroatoms. The van der Waals surface area contributed by atoms with Crippen LogP contribution in [0.4, 0.5) is 0 Å². The molecule has 0 saturated carbocycles.